The van der Waals surface area contributed by atoms with Crippen LogP contribution >= 0.6 is 0 Å². The van der Waals surface area contributed by atoms with Gasteiger partial charge in [-0.2, -0.15) is 0 Å². The van der Waals surface area contributed by atoms with Crippen molar-refractivity contribution >= 4 is 11.8 Å². The van der Waals surface area contributed by atoms with Gasteiger partial charge >= 0.3 is 0 Å². The van der Waals surface area contributed by atoms with Crippen LogP contribution in [0.1, 0.15) is 53.4 Å². The summed E-state index contributed by atoms with van der Waals surface area (Å²) in [7, 11) is 0. The fraction of sp³-hybridized carbons (Fsp3) is 0.857. The molecular weight excluding hydrogens is 242 g/mol. The molecule has 110 valence electrons. The van der Waals surface area contributed by atoms with Gasteiger partial charge in [0.15, 0.2) is 0 Å². The molecule has 1 saturated carbocycles. The highest BCUT2D eigenvalue weighted by Crippen LogP contribution is 2.26. The van der Waals surface area contributed by atoms with Crippen LogP contribution in [0.5, 0.6) is 0 Å². The Morgan fingerprint density at radius 1 is 1.32 bits per heavy atom. The summed E-state index contributed by atoms with van der Waals surface area (Å²) in [5.41, 5.74) is 5.65. The molecule has 1 aliphatic rings. The van der Waals surface area contributed by atoms with Gasteiger partial charge < -0.3 is 16.4 Å². The topological polar surface area (TPSA) is 84.2 Å². The smallest absolute Gasteiger partial charge is 0.242 e. The second-order valence-electron chi connectivity index (χ2n) is 6.59. The number of carbonyl (C=O) groups excluding carboxylic acids is 2. The highest BCUT2D eigenvalue weighted by molar-refractivity contribution is 5.87. The molecule has 0 aromatic carbocycles. The Bertz CT molecular complexity index is 336. The van der Waals surface area contributed by atoms with Crippen molar-refractivity contribution in [1.82, 2.24) is 10.6 Å². The Balaban J connectivity index is 2.37. The van der Waals surface area contributed by atoms with Crippen LogP contribution < -0.4 is 16.4 Å². The molecule has 0 heterocycles. The zero-order valence-corrected chi connectivity index (χ0v) is 12.5. The first-order chi connectivity index (χ1) is 8.69. The van der Waals surface area contributed by atoms with Gasteiger partial charge in [-0.05, 0) is 46.5 Å². The van der Waals surface area contributed by atoms with Gasteiger partial charge in [0.2, 0.25) is 11.8 Å². The van der Waals surface area contributed by atoms with Gasteiger partial charge in [-0.1, -0.05) is 6.42 Å². The van der Waals surface area contributed by atoms with Crippen LogP contribution in [0.2, 0.25) is 0 Å². The van der Waals surface area contributed by atoms with Crippen molar-refractivity contribution in [3.8, 4) is 0 Å². The minimum absolute atomic E-state index is 0.0843. The SMILES string of the molecule is CC(NC(=O)C[C@@H]1CCC[C@H]1N)C(=O)NC(C)(C)C. The lowest BCUT2D eigenvalue weighted by atomic mass is 9.99. The van der Waals surface area contributed by atoms with Crippen molar-refractivity contribution in [2.24, 2.45) is 11.7 Å². The lowest BCUT2D eigenvalue weighted by Gasteiger charge is -2.24. The average molecular weight is 269 g/mol. The fourth-order valence-electron chi connectivity index (χ4n) is 2.40. The van der Waals surface area contributed by atoms with Crippen molar-refractivity contribution in [2.75, 3.05) is 0 Å². The molecule has 0 radical (unpaired) electrons. The second-order valence-corrected chi connectivity index (χ2v) is 6.59. The molecule has 2 amide bonds. The minimum atomic E-state index is -0.510. The Morgan fingerprint density at radius 3 is 2.42 bits per heavy atom. The molecule has 1 unspecified atom stereocenters. The van der Waals surface area contributed by atoms with Gasteiger partial charge in [0, 0.05) is 18.0 Å². The molecule has 1 aliphatic carbocycles. The highest BCUT2D eigenvalue weighted by Gasteiger charge is 2.27. The van der Waals surface area contributed by atoms with Crippen LogP contribution in [0.3, 0.4) is 0 Å². The van der Waals surface area contributed by atoms with Gasteiger partial charge in [-0.3, -0.25) is 9.59 Å². The van der Waals surface area contributed by atoms with Crippen LogP contribution in [-0.4, -0.2) is 29.4 Å². The maximum absolute atomic E-state index is 11.9. The summed E-state index contributed by atoms with van der Waals surface area (Å²) in [6.45, 7) is 7.44. The zero-order chi connectivity index (χ0) is 14.6. The van der Waals surface area contributed by atoms with Crippen molar-refractivity contribution in [3.63, 3.8) is 0 Å². The molecule has 4 N–H and O–H groups in total. The van der Waals surface area contributed by atoms with E-state index in [0.717, 1.165) is 19.3 Å². The maximum Gasteiger partial charge on any atom is 0.242 e. The average Bonchev–Trinajstić information content (AvgIpc) is 2.61. The zero-order valence-electron chi connectivity index (χ0n) is 12.5. The van der Waals surface area contributed by atoms with Crippen molar-refractivity contribution in [2.45, 2.75) is 71.0 Å². The summed E-state index contributed by atoms with van der Waals surface area (Å²) in [5.74, 6) is 0.0216. The highest BCUT2D eigenvalue weighted by atomic mass is 16.2. The Hall–Kier alpha value is -1.10. The van der Waals surface area contributed by atoms with Gasteiger partial charge in [0.1, 0.15) is 6.04 Å². The first-order valence-corrected chi connectivity index (χ1v) is 7.06. The summed E-state index contributed by atoms with van der Waals surface area (Å²) < 4.78 is 0. The monoisotopic (exact) mass is 269 g/mol. The van der Waals surface area contributed by atoms with Gasteiger partial charge in [0.05, 0.1) is 0 Å². The van der Waals surface area contributed by atoms with E-state index in [1.807, 2.05) is 20.8 Å². The molecule has 0 aromatic heterocycles. The van der Waals surface area contributed by atoms with Gasteiger partial charge in [-0.25, -0.2) is 0 Å². The summed E-state index contributed by atoms with van der Waals surface area (Å²) in [4.78, 5) is 23.7. The number of rotatable bonds is 4. The van der Waals surface area contributed by atoms with E-state index in [1.54, 1.807) is 6.92 Å². The van der Waals surface area contributed by atoms with E-state index in [4.69, 9.17) is 5.73 Å². The second kappa shape index (κ2) is 6.37. The van der Waals surface area contributed by atoms with E-state index >= 15 is 0 Å². The quantitative estimate of drug-likeness (QED) is 0.709. The minimum Gasteiger partial charge on any atom is -0.350 e. The van der Waals surface area contributed by atoms with Crippen LogP contribution in [0.15, 0.2) is 0 Å². The summed E-state index contributed by atoms with van der Waals surface area (Å²) in [6.07, 6.45) is 3.53. The number of hydrogen-bond acceptors (Lipinski definition) is 3. The molecule has 0 aromatic rings. The van der Waals surface area contributed by atoms with E-state index < -0.39 is 6.04 Å². The first-order valence-electron chi connectivity index (χ1n) is 7.06. The maximum atomic E-state index is 11.9. The molecule has 19 heavy (non-hydrogen) atoms. The summed E-state index contributed by atoms with van der Waals surface area (Å²) >= 11 is 0. The molecular formula is C14H27N3O2. The molecule has 3 atom stereocenters. The van der Waals surface area contributed by atoms with E-state index in [9.17, 15) is 9.59 Å². The molecule has 0 bridgehead atoms. The van der Waals surface area contributed by atoms with E-state index in [1.165, 1.54) is 0 Å². The lowest BCUT2D eigenvalue weighted by Crippen LogP contribution is -2.51. The normalized spacial score (nSPS) is 24.9. The number of hydrogen-bond donors (Lipinski definition) is 3. The van der Waals surface area contributed by atoms with Crippen LogP contribution in [-0.2, 0) is 9.59 Å². The lowest BCUT2D eigenvalue weighted by molar-refractivity contribution is -0.129. The molecule has 5 heteroatoms. The predicted molar refractivity (Wildman–Crippen MR) is 75.4 cm³/mol. The predicted octanol–water partition coefficient (Wildman–Crippen LogP) is 0.923. The third-order valence-corrected chi connectivity index (χ3v) is 3.43. The van der Waals surface area contributed by atoms with E-state index in [-0.39, 0.29) is 29.3 Å². The molecule has 0 aliphatic heterocycles. The van der Waals surface area contributed by atoms with Crippen molar-refractivity contribution in [3.05, 3.63) is 0 Å². The standard InChI is InChI=1S/C14H27N3O2/c1-9(13(19)17-14(2,3)4)16-12(18)8-10-6-5-7-11(10)15/h9-11H,5-8,15H2,1-4H3,(H,16,18)(H,17,19)/t9?,10-,11+/m0/s1. The molecule has 1 rings (SSSR count). The largest absolute Gasteiger partial charge is 0.350 e. The Morgan fingerprint density at radius 2 is 1.95 bits per heavy atom. The third-order valence-electron chi connectivity index (χ3n) is 3.43. The van der Waals surface area contributed by atoms with Crippen LogP contribution in [0.4, 0.5) is 0 Å². The summed E-state index contributed by atoms with van der Waals surface area (Å²) in [5, 5.41) is 5.59. The third kappa shape index (κ3) is 5.59. The van der Waals surface area contributed by atoms with E-state index in [0.29, 0.717) is 6.42 Å². The summed E-state index contributed by atoms with van der Waals surface area (Å²) in [6, 6.07) is -0.381. The number of carbonyl (C=O) groups is 2. The van der Waals surface area contributed by atoms with Gasteiger partial charge in [-0.15, -0.1) is 0 Å². The fourth-order valence-corrected chi connectivity index (χ4v) is 2.40. The molecule has 1 fully saturated rings. The molecule has 5 nitrogen and oxygen atoms in total. The van der Waals surface area contributed by atoms with Crippen LogP contribution in [0.25, 0.3) is 0 Å². The van der Waals surface area contributed by atoms with Crippen LogP contribution in [0, 0.1) is 5.92 Å². The van der Waals surface area contributed by atoms with E-state index in [2.05, 4.69) is 10.6 Å². The molecule has 0 saturated heterocycles. The number of nitrogens with one attached hydrogen (secondary N) is 2. The first kappa shape index (κ1) is 16.0. The number of nitrogens with two attached hydrogens (primary N) is 1. The number of amides is 2. The van der Waals surface area contributed by atoms with Crippen molar-refractivity contribution in [1.29, 1.82) is 0 Å². The Labute approximate surface area is 115 Å². The van der Waals surface area contributed by atoms with Crippen molar-refractivity contribution < 1.29 is 9.59 Å². The Kier molecular flexibility index (Phi) is 5.35. The van der Waals surface area contributed by atoms with Gasteiger partial charge in [0.25, 0.3) is 0 Å². The molecule has 0 spiro atoms.